The van der Waals surface area contributed by atoms with E-state index in [9.17, 15) is 24.8 Å². The number of nitro groups is 1. The van der Waals surface area contributed by atoms with E-state index < -0.39 is 28.3 Å². The maximum absolute atomic E-state index is 11.6. The number of nitro benzene ring substituents is 1. The summed E-state index contributed by atoms with van der Waals surface area (Å²) in [6.07, 6.45) is 0. The van der Waals surface area contributed by atoms with Crippen molar-refractivity contribution in [2.45, 2.75) is 0 Å². The molecule has 0 bridgehead atoms. The minimum absolute atomic E-state index is 0.0584. The molecule has 2 aromatic rings. The van der Waals surface area contributed by atoms with Gasteiger partial charge in [-0.05, 0) is 24.3 Å². The third-order valence-corrected chi connectivity index (χ3v) is 3.00. The molecule has 0 spiro atoms. The fourth-order valence-corrected chi connectivity index (χ4v) is 1.90. The number of benzene rings is 2. The van der Waals surface area contributed by atoms with Crippen LogP contribution in [0.4, 0.5) is 5.69 Å². The molecule has 124 valence electrons. The van der Waals surface area contributed by atoms with E-state index >= 15 is 0 Å². The van der Waals surface area contributed by atoms with Crippen molar-refractivity contribution in [3.05, 3.63) is 57.6 Å². The molecule has 2 N–H and O–H groups in total. The van der Waals surface area contributed by atoms with Gasteiger partial charge in [-0.1, -0.05) is 0 Å². The number of aromatic carboxylic acids is 1. The van der Waals surface area contributed by atoms with Crippen LogP contribution in [0.5, 0.6) is 17.2 Å². The average molecular weight is 333 g/mol. The highest BCUT2D eigenvalue weighted by Crippen LogP contribution is 2.30. The molecule has 0 aliphatic rings. The van der Waals surface area contributed by atoms with E-state index in [-0.39, 0.29) is 22.6 Å². The molecule has 0 radical (unpaired) electrons. The van der Waals surface area contributed by atoms with Crippen LogP contribution in [-0.2, 0) is 4.74 Å². The van der Waals surface area contributed by atoms with Crippen molar-refractivity contribution >= 4 is 17.6 Å². The molecule has 0 unspecified atom stereocenters. The molecule has 0 saturated carbocycles. The minimum Gasteiger partial charge on any atom is -0.507 e. The Morgan fingerprint density at radius 3 is 2.21 bits per heavy atom. The lowest BCUT2D eigenvalue weighted by Crippen LogP contribution is -2.06. The maximum atomic E-state index is 11.6. The van der Waals surface area contributed by atoms with Gasteiger partial charge in [0.25, 0.3) is 5.69 Å². The van der Waals surface area contributed by atoms with Gasteiger partial charge in [0.2, 0.25) is 0 Å². The summed E-state index contributed by atoms with van der Waals surface area (Å²) in [4.78, 5) is 32.8. The van der Waals surface area contributed by atoms with Crippen LogP contribution in [0, 0.1) is 10.1 Å². The van der Waals surface area contributed by atoms with Gasteiger partial charge in [0, 0.05) is 12.1 Å². The molecule has 0 aliphatic carbocycles. The predicted molar refractivity (Wildman–Crippen MR) is 79.6 cm³/mol. The van der Waals surface area contributed by atoms with E-state index in [2.05, 4.69) is 4.74 Å². The summed E-state index contributed by atoms with van der Waals surface area (Å²) in [6.45, 7) is 0. The number of hydrogen-bond acceptors (Lipinski definition) is 7. The molecular weight excluding hydrogens is 322 g/mol. The lowest BCUT2D eigenvalue weighted by Gasteiger charge is -2.09. The topological polar surface area (TPSA) is 136 Å². The number of phenols is 1. The van der Waals surface area contributed by atoms with E-state index in [4.69, 9.17) is 9.84 Å². The first kappa shape index (κ1) is 16.7. The Bertz CT molecular complexity index is 830. The largest absolute Gasteiger partial charge is 0.507 e. The summed E-state index contributed by atoms with van der Waals surface area (Å²) >= 11 is 0. The Labute approximate surface area is 134 Å². The Morgan fingerprint density at radius 1 is 1.08 bits per heavy atom. The van der Waals surface area contributed by atoms with Gasteiger partial charge in [0.15, 0.2) is 0 Å². The smallest absolute Gasteiger partial charge is 0.345 e. The number of aromatic hydroxyl groups is 1. The minimum atomic E-state index is -1.35. The predicted octanol–water partition coefficient (Wildman–Crippen LogP) is 2.58. The first-order chi connectivity index (χ1) is 11.3. The van der Waals surface area contributed by atoms with Gasteiger partial charge in [-0.3, -0.25) is 10.1 Å². The first-order valence-corrected chi connectivity index (χ1v) is 6.44. The zero-order valence-corrected chi connectivity index (χ0v) is 12.3. The van der Waals surface area contributed by atoms with Crippen LogP contribution in [-0.4, -0.2) is 34.2 Å². The van der Waals surface area contributed by atoms with Crippen molar-refractivity contribution in [2.24, 2.45) is 0 Å². The van der Waals surface area contributed by atoms with Gasteiger partial charge in [0.1, 0.15) is 28.4 Å². The van der Waals surface area contributed by atoms with Gasteiger partial charge < -0.3 is 19.7 Å². The second kappa shape index (κ2) is 6.65. The highest BCUT2D eigenvalue weighted by Gasteiger charge is 2.22. The van der Waals surface area contributed by atoms with Crippen molar-refractivity contribution in [3.8, 4) is 17.2 Å². The Balaban J connectivity index is 2.40. The summed E-state index contributed by atoms with van der Waals surface area (Å²) in [5.74, 6) is -2.58. The third-order valence-electron chi connectivity index (χ3n) is 3.00. The van der Waals surface area contributed by atoms with E-state index in [1.54, 1.807) is 0 Å². The van der Waals surface area contributed by atoms with Crippen molar-refractivity contribution in [1.29, 1.82) is 0 Å². The number of hydrogen-bond donors (Lipinski definition) is 2. The third kappa shape index (κ3) is 3.40. The standard InChI is InChI=1S/C15H11NO8/c1-23-15(20)10-6-8(2-4-12(10)16(21)22)24-9-3-5-13(17)11(7-9)14(18)19/h2-7,17H,1H3,(H,18,19). The van der Waals surface area contributed by atoms with E-state index in [0.717, 1.165) is 31.4 Å². The lowest BCUT2D eigenvalue weighted by molar-refractivity contribution is -0.385. The number of carboxylic acids is 1. The zero-order valence-electron chi connectivity index (χ0n) is 12.3. The quantitative estimate of drug-likeness (QED) is 0.484. The summed E-state index contributed by atoms with van der Waals surface area (Å²) in [5, 5.41) is 29.3. The molecule has 2 rings (SSSR count). The van der Waals surface area contributed by atoms with Crippen molar-refractivity contribution in [1.82, 2.24) is 0 Å². The monoisotopic (exact) mass is 333 g/mol. The lowest BCUT2D eigenvalue weighted by atomic mass is 10.1. The molecule has 9 nitrogen and oxygen atoms in total. The molecule has 2 aromatic carbocycles. The second-order valence-electron chi connectivity index (χ2n) is 4.51. The highest BCUT2D eigenvalue weighted by atomic mass is 16.6. The summed E-state index contributed by atoms with van der Waals surface area (Å²) in [5.41, 5.74) is -1.13. The first-order valence-electron chi connectivity index (χ1n) is 6.44. The number of carbonyl (C=O) groups is 2. The van der Waals surface area contributed by atoms with E-state index in [1.807, 2.05) is 0 Å². The normalized spacial score (nSPS) is 10.0. The van der Waals surface area contributed by atoms with Gasteiger partial charge in [-0.25, -0.2) is 9.59 Å². The Morgan fingerprint density at radius 2 is 1.67 bits per heavy atom. The molecule has 0 fully saturated rings. The van der Waals surface area contributed by atoms with Crippen LogP contribution >= 0.6 is 0 Å². The molecule has 0 aromatic heterocycles. The van der Waals surface area contributed by atoms with Crippen molar-refractivity contribution in [3.63, 3.8) is 0 Å². The number of nitrogens with zero attached hydrogens (tertiary/aromatic N) is 1. The van der Waals surface area contributed by atoms with Gasteiger partial charge in [0.05, 0.1) is 12.0 Å². The van der Waals surface area contributed by atoms with Crippen LogP contribution in [0.3, 0.4) is 0 Å². The molecule has 0 amide bonds. The number of carboxylic acid groups (broad SMARTS) is 1. The van der Waals surface area contributed by atoms with Crippen LogP contribution in [0.1, 0.15) is 20.7 Å². The zero-order chi connectivity index (χ0) is 17.9. The van der Waals surface area contributed by atoms with E-state index in [1.165, 1.54) is 12.1 Å². The summed E-state index contributed by atoms with van der Waals surface area (Å²) in [7, 11) is 1.08. The van der Waals surface area contributed by atoms with Gasteiger partial charge >= 0.3 is 11.9 Å². The molecule has 0 atom stereocenters. The Kier molecular flexibility index (Phi) is 4.64. The summed E-state index contributed by atoms with van der Waals surface area (Å²) in [6, 6.07) is 6.94. The number of esters is 1. The second-order valence-corrected chi connectivity index (χ2v) is 4.51. The van der Waals surface area contributed by atoms with Crippen LogP contribution < -0.4 is 4.74 Å². The number of rotatable bonds is 5. The molecule has 24 heavy (non-hydrogen) atoms. The number of carbonyl (C=O) groups excluding carboxylic acids is 1. The van der Waals surface area contributed by atoms with Crippen molar-refractivity contribution < 1.29 is 34.2 Å². The Hall–Kier alpha value is -3.62. The van der Waals surface area contributed by atoms with Crippen molar-refractivity contribution in [2.75, 3.05) is 7.11 Å². The fraction of sp³-hybridized carbons (Fsp3) is 0.0667. The van der Waals surface area contributed by atoms with Gasteiger partial charge in [-0.2, -0.15) is 0 Å². The molecular formula is C15H11NO8. The fourth-order valence-electron chi connectivity index (χ4n) is 1.90. The SMILES string of the molecule is COC(=O)c1cc(Oc2ccc(O)c(C(=O)O)c2)ccc1[N+](=O)[O-]. The number of methoxy groups -OCH3 is 1. The number of ether oxygens (including phenoxy) is 2. The van der Waals surface area contributed by atoms with Crippen LogP contribution in [0.15, 0.2) is 36.4 Å². The molecule has 0 heterocycles. The molecule has 0 saturated heterocycles. The van der Waals surface area contributed by atoms with Crippen LogP contribution in [0.2, 0.25) is 0 Å². The van der Waals surface area contributed by atoms with E-state index in [0.29, 0.717) is 0 Å². The molecule has 0 aliphatic heterocycles. The summed E-state index contributed by atoms with van der Waals surface area (Å²) < 4.78 is 9.88. The average Bonchev–Trinajstić information content (AvgIpc) is 2.55. The molecule has 9 heteroatoms. The van der Waals surface area contributed by atoms with Crippen LogP contribution in [0.25, 0.3) is 0 Å². The highest BCUT2D eigenvalue weighted by molar-refractivity contribution is 5.94. The van der Waals surface area contributed by atoms with Gasteiger partial charge in [-0.15, -0.1) is 0 Å². The maximum Gasteiger partial charge on any atom is 0.345 e.